The fourth-order valence-electron chi connectivity index (χ4n) is 1.57. The lowest BCUT2D eigenvalue weighted by molar-refractivity contribution is -0.144. The zero-order chi connectivity index (χ0) is 13.9. The summed E-state index contributed by atoms with van der Waals surface area (Å²) in [5, 5.41) is 12.0. The van der Waals surface area contributed by atoms with E-state index in [0.717, 1.165) is 0 Å². The van der Waals surface area contributed by atoms with Gasteiger partial charge < -0.3 is 15.4 Å². The van der Waals surface area contributed by atoms with Crippen molar-refractivity contribution in [3.8, 4) is 0 Å². The molecular formula is C11H14Cl2N2O3. The minimum Gasteiger partial charge on any atom is -0.480 e. The minimum absolute atomic E-state index is 0.133. The number of H-pyrrole nitrogens is 1. The van der Waals surface area contributed by atoms with Crippen LogP contribution in [0.25, 0.3) is 0 Å². The molecule has 3 N–H and O–H groups in total. The standard InChI is InChI=1S/C11H14Cl2N2O3/c1-3-4-11(2,10(17)18)15-9(16)7-5-6(12)8(13)14-7/h5,14H,3-4H2,1-2H3,(H,15,16)(H,17,18). The van der Waals surface area contributed by atoms with Gasteiger partial charge in [-0.2, -0.15) is 0 Å². The average molecular weight is 293 g/mol. The molecule has 0 saturated heterocycles. The summed E-state index contributed by atoms with van der Waals surface area (Å²) in [6.45, 7) is 3.30. The van der Waals surface area contributed by atoms with Crippen LogP contribution in [0.1, 0.15) is 37.2 Å². The third-order valence-electron chi connectivity index (χ3n) is 2.58. The lowest BCUT2D eigenvalue weighted by Crippen LogP contribution is -2.52. The maximum Gasteiger partial charge on any atom is 0.329 e. The van der Waals surface area contributed by atoms with Crippen molar-refractivity contribution < 1.29 is 14.7 Å². The molecule has 100 valence electrons. The first-order valence-corrected chi connectivity index (χ1v) is 6.15. The number of amides is 1. The number of nitrogens with one attached hydrogen (secondary N) is 2. The fraction of sp³-hybridized carbons (Fsp3) is 0.455. The second-order valence-corrected chi connectivity index (χ2v) is 4.97. The summed E-state index contributed by atoms with van der Waals surface area (Å²) in [6.07, 6.45) is 0.964. The highest BCUT2D eigenvalue weighted by atomic mass is 35.5. The van der Waals surface area contributed by atoms with Gasteiger partial charge in [0.1, 0.15) is 16.4 Å². The number of aromatic nitrogens is 1. The first-order valence-electron chi connectivity index (χ1n) is 5.40. The van der Waals surface area contributed by atoms with Crippen molar-refractivity contribution in [1.82, 2.24) is 10.3 Å². The van der Waals surface area contributed by atoms with Crippen molar-refractivity contribution in [2.45, 2.75) is 32.2 Å². The summed E-state index contributed by atoms with van der Waals surface area (Å²) in [7, 11) is 0. The lowest BCUT2D eigenvalue weighted by Gasteiger charge is -2.25. The molecule has 1 atom stereocenters. The van der Waals surface area contributed by atoms with Crippen LogP contribution in [0.3, 0.4) is 0 Å². The van der Waals surface area contributed by atoms with Gasteiger partial charge in [-0.15, -0.1) is 0 Å². The third-order valence-corrected chi connectivity index (χ3v) is 3.27. The van der Waals surface area contributed by atoms with Crippen molar-refractivity contribution in [2.75, 3.05) is 0 Å². The maximum absolute atomic E-state index is 11.9. The second-order valence-electron chi connectivity index (χ2n) is 4.19. The summed E-state index contributed by atoms with van der Waals surface area (Å²) in [5.41, 5.74) is -1.18. The van der Waals surface area contributed by atoms with Gasteiger partial charge in [0.2, 0.25) is 0 Å². The van der Waals surface area contributed by atoms with Gasteiger partial charge in [0, 0.05) is 0 Å². The van der Waals surface area contributed by atoms with Crippen LogP contribution >= 0.6 is 23.2 Å². The van der Waals surface area contributed by atoms with E-state index >= 15 is 0 Å². The van der Waals surface area contributed by atoms with Crippen LogP contribution < -0.4 is 5.32 Å². The Balaban J connectivity index is 2.88. The van der Waals surface area contributed by atoms with E-state index in [1.54, 1.807) is 0 Å². The molecule has 1 amide bonds. The van der Waals surface area contributed by atoms with Crippen LogP contribution in [0.4, 0.5) is 0 Å². The summed E-state index contributed by atoms with van der Waals surface area (Å²) in [6, 6.07) is 1.35. The van der Waals surface area contributed by atoms with Crippen molar-refractivity contribution in [3.05, 3.63) is 21.9 Å². The molecule has 1 rings (SSSR count). The molecule has 1 unspecified atom stereocenters. The average Bonchev–Trinajstić information content (AvgIpc) is 2.59. The number of aromatic amines is 1. The molecule has 18 heavy (non-hydrogen) atoms. The molecular weight excluding hydrogens is 279 g/mol. The summed E-state index contributed by atoms with van der Waals surface area (Å²) < 4.78 is 0. The maximum atomic E-state index is 11.9. The lowest BCUT2D eigenvalue weighted by atomic mass is 9.96. The molecule has 1 aromatic heterocycles. The van der Waals surface area contributed by atoms with Gasteiger partial charge in [0.05, 0.1) is 5.02 Å². The zero-order valence-electron chi connectivity index (χ0n) is 10.0. The van der Waals surface area contributed by atoms with Crippen LogP contribution in [0.15, 0.2) is 6.07 Å². The molecule has 0 fully saturated rings. The Kier molecular flexibility index (Phi) is 4.65. The number of halogens is 2. The second kappa shape index (κ2) is 5.63. The molecule has 7 heteroatoms. The Labute approximate surface area is 114 Å². The van der Waals surface area contributed by atoms with Gasteiger partial charge in [-0.25, -0.2) is 4.79 Å². The van der Waals surface area contributed by atoms with E-state index in [1.807, 2.05) is 6.92 Å². The number of carboxylic acid groups (broad SMARTS) is 1. The predicted molar refractivity (Wildman–Crippen MR) is 69.2 cm³/mol. The highest BCUT2D eigenvalue weighted by molar-refractivity contribution is 6.41. The van der Waals surface area contributed by atoms with E-state index in [1.165, 1.54) is 13.0 Å². The molecule has 5 nitrogen and oxygen atoms in total. The van der Waals surface area contributed by atoms with Gasteiger partial charge in [0.15, 0.2) is 0 Å². The highest BCUT2D eigenvalue weighted by Crippen LogP contribution is 2.22. The number of hydrogen-bond donors (Lipinski definition) is 3. The largest absolute Gasteiger partial charge is 0.480 e. The van der Waals surface area contributed by atoms with Crippen LogP contribution in [-0.2, 0) is 4.79 Å². The normalized spacial score (nSPS) is 14.0. The van der Waals surface area contributed by atoms with Gasteiger partial charge in [-0.1, -0.05) is 36.5 Å². The monoisotopic (exact) mass is 292 g/mol. The Morgan fingerprint density at radius 2 is 2.11 bits per heavy atom. The number of carbonyl (C=O) groups excluding carboxylic acids is 1. The number of aliphatic carboxylic acids is 1. The molecule has 0 aliphatic rings. The molecule has 0 bridgehead atoms. The highest BCUT2D eigenvalue weighted by Gasteiger charge is 2.34. The first-order chi connectivity index (χ1) is 8.30. The Morgan fingerprint density at radius 3 is 2.50 bits per heavy atom. The number of rotatable bonds is 5. The van der Waals surface area contributed by atoms with E-state index in [-0.39, 0.29) is 15.9 Å². The third kappa shape index (κ3) is 3.17. The van der Waals surface area contributed by atoms with Crippen molar-refractivity contribution in [1.29, 1.82) is 0 Å². The van der Waals surface area contributed by atoms with Crippen molar-refractivity contribution in [2.24, 2.45) is 0 Å². The summed E-state index contributed by atoms with van der Waals surface area (Å²) in [4.78, 5) is 25.6. The molecule has 1 heterocycles. The molecule has 0 aliphatic carbocycles. The SMILES string of the molecule is CCCC(C)(NC(=O)c1cc(Cl)c(Cl)[nH]1)C(=O)O. The van der Waals surface area contributed by atoms with Gasteiger partial charge in [-0.3, -0.25) is 4.79 Å². The molecule has 0 spiro atoms. The quantitative estimate of drug-likeness (QED) is 0.780. The molecule has 0 radical (unpaired) electrons. The van der Waals surface area contributed by atoms with Crippen LogP contribution in [0.2, 0.25) is 10.2 Å². The minimum atomic E-state index is -1.31. The summed E-state index contributed by atoms with van der Waals surface area (Å²) in [5.74, 6) is -1.64. The van der Waals surface area contributed by atoms with E-state index in [4.69, 9.17) is 28.3 Å². The van der Waals surface area contributed by atoms with E-state index < -0.39 is 17.4 Å². The molecule has 0 aromatic carbocycles. The van der Waals surface area contributed by atoms with Gasteiger partial charge in [0.25, 0.3) is 5.91 Å². The zero-order valence-corrected chi connectivity index (χ0v) is 11.5. The van der Waals surface area contributed by atoms with Crippen LogP contribution in [-0.4, -0.2) is 27.5 Å². The number of carboxylic acids is 1. The smallest absolute Gasteiger partial charge is 0.329 e. The van der Waals surface area contributed by atoms with E-state index in [2.05, 4.69) is 10.3 Å². The predicted octanol–water partition coefficient (Wildman–Crippen LogP) is 2.69. The van der Waals surface area contributed by atoms with Crippen LogP contribution in [0, 0.1) is 0 Å². The number of hydrogen-bond acceptors (Lipinski definition) is 2. The fourth-order valence-corrected chi connectivity index (χ4v) is 1.88. The number of carbonyl (C=O) groups is 2. The molecule has 1 aromatic rings. The van der Waals surface area contributed by atoms with Gasteiger partial charge in [-0.05, 0) is 19.4 Å². The first kappa shape index (κ1) is 14.9. The topological polar surface area (TPSA) is 82.2 Å². The summed E-state index contributed by atoms with van der Waals surface area (Å²) >= 11 is 11.4. The van der Waals surface area contributed by atoms with E-state index in [0.29, 0.717) is 12.8 Å². The van der Waals surface area contributed by atoms with E-state index in [9.17, 15) is 9.59 Å². The van der Waals surface area contributed by atoms with Crippen molar-refractivity contribution >= 4 is 35.1 Å². The Morgan fingerprint density at radius 1 is 1.50 bits per heavy atom. The Bertz CT molecular complexity index is 453. The van der Waals surface area contributed by atoms with Crippen molar-refractivity contribution in [3.63, 3.8) is 0 Å². The molecule has 0 saturated carbocycles. The van der Waals surface area contributed by atoms with Gasteiger partial charge >= 0.3 is 5.97 Å². The Hall–Kier alpha value is -1.20. The molecule has 0 aliphatic heterocycles. The van der Waals surface area contributed by atoms with Crippen LogP contribution in [0.5, 0.6) is 0 Å².